The van der Waals surface area contributed by atoms with Gasteiger partial charge in [-0.15, -0.1) is 11.8 Å². The number of carbonyl (C=O) groups is 1. The molecule has 0 aliphatic carbocycles. The summed E-state index contributed by atoms with van der Waals surface area (Å²) < 4.78 is 4.73. The first-order chi connectivity index (χ1) is 9.76. The van der Waals surface area contributed by atoms with E-state index in [1.165, 1.54) is 28.7 Å². The second-order valence-electron chi connectivity index (χ2n) is 4.93. The molecule has 0 bridgehead atoms. The quantitative estimate of drug-likeness (QED) is 0.788. The van der Waals surface area contributed by atoms with Crippen LogP contribution in [0.4, 0.5) is 0 Å². The van der Waals surface area contributed by atoms with Crippen LogP contribution in [-0.2, 0) is 28.1 Å². The molecule has 2 nitrogen and oxygen atoms in total. The fraction of sp³-hybridized carbons (Fsp3) is 0.235. The predicted molar refractivity (Wildman–Crippen MR) is 81.0 cm³/mol. The number of esters is 1. The fourth-order valence-electron chi connectivity index (χ4n) is 2.46. The van der Waals surface area contributed by atoms with Crippen molar-refractivity contribution in [2.24, 2.45) is 0 Å². The van der Waals surface area contributed by atoms with Gasteiger partial charge in [-0.05, 0) is 34.7 Å². The van der Waals surface area contributed by atoms with Gasteiger partial charge in [0.05, 0.1) is 13.5 Å². The summed E-state index contributed by atoms with van der Waals surface area (Å²) in [4.78, 5) is 12.6. The molecule has 2 aromatic carbocycles. The molecule has 0 N–H and O–H groups in total. The van der Waals surface area contributed by atoms with Gasteiger partial charge in [0.15, 0.2) is 0 Å². The van der Waals surface area contributed by atoms with Crippen LogP contribution in [0.3, 0.4) is 0 Å². The Morgan fingerprint density at radius 3 is 2.75 bits per heavy atom. The van der Waals surface area contributed by atoms with Crippen molar-refractivity contribution >= 4 is 17.7 Å². The van der Waals surface area contributed by atoms with Crippen molar-refractivity contribution in [3.63, 3.8) is 0 Å². The second kappa shape index (κ2) is 5.71. The Bertz CT molecular complexity index is 649. The number of fused-ring (bicyclic) bond motifs is 2. The molecule has 20 heavy (non-hydrogen) atoms. The standard InChI is InChI=1S/C17H16O2S/c1-19-17(18)9-12-6-7-14-10-13-4-2-3-5-15(13)11-20-16(14)8-12/h2-8H,9-11H2,1H3. The van der Waals surface area contributed by atoms with Gasteiger partial charge in [-0.1, -0.05) is 36.4 Å². The Morgan fingerprint density at radius 2 is 1.95 bits per heavy atom. The summed E-state index contributed by atoms with van der Waals surface area (Å²) in [6.07, 6.45) is 1.31. The van der Waals surface area contributed by atoms with Gasteiger partial charge < -0.3 is 4.74 Å². The van der Waals surface area contributed by atoms with E-state index >= 15 is 0 Å². The molecule has 0 spiro atoms. The fourth-order valence-corrected chi connectivity index (χ4v) is 3.61. The molecule has 1 aliphatic heterocycles. The molecule has 3 heteroatoms. The van der Waals surface area contributed by atoms with E-state index in [0.717, 1.165) is 17.7 Å². The zero-order valence-corrected chi connectivity index (χ0v) is 12.2. The van der Waals surface area contributed by atoms with Crippen LogP contribution in [0.5, 0.6) is 0 Å². The van der Waals surface area contributed by atoms with Crippen LogP contribution in [0, 0.1) is 0 Å². The van der Waals surface area contributed by atoms with Crippen molar-refractivity contribution in [2.45, 2.75) is 23.5 Å². The maximum Gasteiger partial charge on any atom is 0.309 e. The van der Waals surface area contributed by atoms with Crippen LogP contribution in [0.15, 0.2) is 47.4 Å². The maximum atomic E-state index is 11.4. The number of thioether (sulfide) groups is 1. The molecule has 2 aromatic rings. The minimum Gasteiger partial charge on any atom is -0.469 e. The third kappa shape index (κ3) is 2.73. The lowest BCUT2D eigenvalue weighted by Crippen LogP contribution is -2.04. The predicted octanol–water partition coefficient (Wildman–Crippen LogP) is 3.60. The molecular formula is C17H16O2S. The first-order valence-electron chi connectivity index (χ1n) is 6.64. The van der Waals surface area contributed by atoms with Crippen LogP contribution in [0.1, 0.15) is 22.3 Å². The highest BCUT2D eigenvalue weighted by molar-refractivity contribution is 7.98. The minimum absolute atomic E-state index is 0.188. The van der Waals surface area contributed by atoms with E-state index in [4.69, 9.17) is 4.74 Å². The first-order valence-corrected chi connectivity index (χ1v) is 7.63. The highest BCUT2D eigenvalue weighted by Crippen LogP contribution is 2.34. The first kappa shape index (κ1) is 13.3. The number of hydrogen-bond donors (Lipinski definition) is 0. The SMILES string of the molecule is COC(=O)Cc1ccc2c(c1)SCc1ccccc1C2. The largest absolute Gasteiger partial charge is 0.469 e. The number of carbonyl (C=O) groups excluding carboxylic acids is 1. The van der Waals surface area contributed by atoms with E-state index in [1.807, 2.05) is 17.8 Å². The van der Waals surface area contributed by atoms with Gasteiger partial charge in [0.1, 0.15) is 0 Å². The van der Waals surface area contributed by atoms with Crippen molar-refractivity contribution in [2.75, 3.05) is 7.11 Å². The van der Waals surface area contributed by atoms with Gasteiger partial charge in [-0.25, -0.2) is 0 Å². The zero-order valence-electron chi connectivity index (χ0n) is 11.4. The molecule has 0 aromatic heterocycles. The molecule has 0 saturated heterocycles. The molecule has 0 fully saturated rings. The van der Waals surface area contributed by atoms with Gasteiger partial charge in [-0.3, -0.25) is 4.79 Å². The third-order valence-electron chi connectivity index (χ3n) is 3.59. The lowest BCUT2D eigenvalue weighted by atomic mass is 9.99. The number of benzene rings is 2. The Labute approximate surface area is 123 Å². The van der Waals surface area contributed by atoms with E-state index < -0.39 is 0 Å². The summed E-state index contributed by atoms with van der Waals surface area (Å²) >= 11 is 1.85. The maximum absolute atomic E-state index is 11.4. The highest BCUT2D eigenvalue weighted by Gasteiger charge is 2.14. The molecule has 0 saturated carbocycles. The normalized spacial score (nSPS) is 13.1. The van der Waals surface area contributed by atoms with Crippen LogP contribution in [0.25, 0.3) is 0 Å². The van der Waals surface area contributed by atoms with E-state index in [1.54, 1.807) is 0 Å². The van der Waals surface area contributed by atoms with Crippen LogP contribution in [-0.4, -0.2) is 13.1 Å². The molecule has 1 heterocycles. The van der Waals surface area contributed by atoms with E-state index in [2.05, 4.69) is 36.4 Å². The summed E-state index contributed by atoms with van der Waals surface area (Å²) in [6, 6.07) is 14.9. The van der Waals surface area contributed by atoms with E-state index in [0.29, 0.717) is 6.42 Å². The van der Waals surface area contributed by atoms with Gasteiger partial charge in [0, 0.05) is 10.6 Å². The summed E-state index contributed by atoms with van der Waals surface area (Å²) in [5, 5.41) is 0. The minimum atomic E-state index is -0.188. The Kier molecular flexibility index (Phi) is 3.79. The van der Waals surface area contributed by atoms with Crippen molar-refractivity contribution in [1.29, 1.82) is 0 Å². The van der Waals surface area contributed by atoms with Gasteiger partial charge in [-0.2, -0.15) is 0 Å². The summed E-state index contributed by atoms with van der Waals surface area (Å²) in [5.74, 6) is 0.803. The molecule has 3 rings (SSSR count). The van der Waals surface area contributed by atoms with E-state index in [-0.39, 0.29) is 5.97 Å². The summed E-state index contributed by atoms with van der Waals surface area (Å²) in [6.45, 7) is 0. The topological polar surface area (TPSA) is 26.3 Å². The molecule has 1 aliphatic rings. The molecule has 102 valence electrons. The summed E-state index contributed by atoms with van der Waals surface area (Å²) in [7, 11) is 1.43. The van der Waals surface area contributed by atoms with Crippen LogP contribution >= 0.6 is 11.8 Å². The third-order valence-corrected chi connectivity index (χ3v) is 4.74. The Morgan fingerprint density at radius 1 is 1.15 bits per heavy atom. The van der Waals surface area contributed by atoms with Gasteiger partial charge in [0.25, 0.3) is 0 Å². The lowest BCUT2D eigenvalue weighted by Gasteiger charge is -2.08. The number of methoxy groups -OCH3 is 1. The lowest BCUT2D eigenvalue weighted by molar-refractivity contribution is -0.139. The average Bonchev–Trinajstić information content (AvgIpc) is 2.66. The van der Waals surface area contributed by atoms with Crippen molar-refractivity contribution in [3.8, 4) is 0 Å². The van der Waals surface area contributed by atoms with E-state index in [9.17, 15) is 4.79 Å². The van der Waals surface area contributed by atoms with Crippen molar-refractivity contribution in [3.05, 3.63) is 64.7 Å². The van der Waals surface area contributed by atoms with Crippen LogP contribution in [0.2, 0.25) is 0 Å². The van der Waals surface area contributed by atoms with Gasteiger partial charge in [0.2, 0.25) is 0 Å². The Balaban J connectivity index is 1.89. The number of hydrogen-bond acceptors (Lipinski definition) is 3. The average molecular weight is 284 g/mol. The summed E-state index contributed by atoms with van der Waals surface area (Å²) in [5.41, 5.74) is 5.17. The number of rotatable bonds is 2. The van der Waals surface area contributed by atoms with Crippen LogP contribution < -0.4 is 0 Å². The highest BCUT2D eigenvalue weighted by atomic mass is 32.2. The van der Waals surface area contributed by atoms with Gasteiger partial charge >= 0.3 is 5.97 Å². The smallest absolute Gasteiger partial charge is 0.309 e. The monoisotopic (exact) mass is 284 g/mol. The molecule has 0 unspecified atom stereocenters. The van der Waals surface area contributed by atoms with Crippen molar-refractivity contribution in [1.82, 2.24) is 0 Å². The zero-order chi connectivity index (χ0) is 13.9. The molecular weight excluding hydrogens is 268 g/mol. The molecule has 0 radical (unpaired) electrons. The molecule has 0 atom stereocenters. The second-order valence-corrected chi connectivity index (χ2v) is 5.95. The Hall–Kier alpha value is -1.74. The molecule has 0 amide bonds. The van der Waals surface area contributed by atoms with Crippen molar-refractivity contribution < 1.29 is 9.53 Å². The number of ether oxygens (including phenoxy) is 1.